The minimum absolute atomic E-state index is 0.0386. The van der Waals surface area contributed by atoms with Gasteiger partial charge in [0.1, 0.15) is 0 Å². The maximum Gasteiger partial charge on any atom is 0.270 e. The number of rotatable bonds is 7. The van der Waals surface area contributed by atoms with Gasteiger partial charge < -0.3 is 0 Å². The summed E-state index contributed by atoms with van der Waals surface area (Å²) in [4.78, 5) is 35.8. The number of carbonyl (C=O) groups excluding carboxylic acids is 1. The van der Waals surface area contributed by atoms with E-state index < -0.39 is 15.1 Å². The molecule has 0 aromatic heterocycles. The van der Waals surface area contributed by atoms with Gasteiger partial charge in [0.05, 0.1) is 27.0 Å². The molecule has 1 amide bonds. The Labute approximate surface area is 197 Å². The largest absolute Gasteiger partial charge is 0.273 e. The SMILES string of the molecule is O=C1[C@H](Cc2cccc([N+](=O)[O-])c2)S/C(=N\N=C/c2cccc([N+](=O)[O-])c2)N1c1ccccc1. The summed E-state index contributed by atoms with van der Waals surface area (Å²) < 4.78 is 0. The molecule has 0 unspecified atom stereocenters. The summed E-state index contributed by atoms with van der Waals surface area (Å²) >= 11 is 1.21. The Bertz CT molecular complexity index is 1310. The molecule has 11 heteroatoms. The van der Waals surface area contributed by atoms with Crippen LogP contribution in [0.15, 0.2) is 89.1 Å². The molecule has 1 saturated heterocycles. The molecule has 1 fully saturated rings. The second-order valence-corrected chi connectivity index (χ2v) is 8.40. The third-order valence-corrected chi connectivity index (χ3v) is 6.05. The minimum atomic E-state index is -0.547. The number of benzene rings is 3. The predicted octanol–water partition coefficient (Wildman–Crippen LogP) is 4.58. The number of anilines is 1. The number of para-hydroxylation sites is 1. The summed E-state index contributed by atoms with van der Waals surface area (Å²) in [6.07, 6.45) is 1.66. The van der Waals surface area contributed by atoms with Crippen LogP contribution in [0.4, 0.5) is 17.1 Å². The number of amidine groups is 1. The number of carbonyl (C=O) groups is 1. The molecule has 1 aliphatic heterocycles. The molecule has 3 aromatic rings. The van der Waals surface area contributed by atoms with Crippen LogP contribution >= 0.6 is 11.8 Å². The van der Waals surface area contributed by atoms with Crippen LogP contribution in [0, 0.1) is 20.2 Å². The second kappa shape index (κ2) is 10.0. The molecule has 4 rings (SSSR count). The lowest BCUT2D eigenvalue weighted by atomic mass is 10.1. The summed E-state index contributed by atoms with van der Waals surface area (Å²) in [5.74, 6) is -0.216. The van der Waals surface area contributed by atoms with Crippen molar-refractivity contribution in [2.45, 2.75) is 11.7 Å². The average Bonchev–Trinajstić information content (AvgIpc) is 3.14. The zero-order valence-electron chi connectivity index (χ0n) is 17.6. The summed E-state index contributed by atoms with van der Waals surface area (Å²) in [6, 6.07) is 21.1. The Kier molecular flexibility index (Phi) is 6.74. The van der Waals surface area contributed by atoms with E-state index in [1.54, 1.807) is 48.5 Å². The van der Waals surface area contributed by atoms with Crippen LogP contribution in [-0.4, -0.2) is 32.4 Å². The molecule has 0 bridgehead atoms. The van der Waals surface area contributed by atoms with Crippen LogP contribution in [0.2, 0.25) is 0 Å². The molecule has 1 atom stereocenters. The number of nitrogens with zero attached hydrogens (tertiary/aromatic N) is 5. The van der Waals surface area contributed by atoms with Crippen LogP contribution in [0.25, 0.3) is 0 Å². The Balaban J connectivity index is 1.61. The highest BCUT2D eigenvalue weighted by Gasteiger charge is 2.39. The van der Waals surface area contributed by atoms with Gasteiger partial charge in [0, 0.05) is 29.8 Å². The van der Waals surface area contributed by atoms with Crippen molar-refractivity contribution in [3.8, 4) is 0 Å². The number of thioether (sulfide) groups is 1. The van der Waals surface area contributed by atoms with E-state index in [-0.39, 0.29) is 23.7 Å². The fourth-order valence-corrected chi connectivity index (χ4v) is 4.49. The van der Waals surface area contributed by atoms with Gasteiger partial charge in [-0.15, -0.1) is 5.10 Å². The molecule has 10 nitrogen and oxygen atoms in total. The van der Waals surface area contributed by atoms with E-state index in [0.29, 0.717) is 22.0 Å². The molecular weight excluding hydrogens is 458 g/mol. The van der Waals surface area contributed by atoms with E-state index in [4.69, 9.17) is 0 Å². The van der Waals surface area contributed by atoms with Crippen molar-refractivity contribution in [1.82, 2.24) is 0 Å². The monoisotopic (exact) mass is 475 g/mol. The fraction of sp³-hybridized carbons (Fsp3) is 0.0870. The summed E-state index contributed by atoms with van der Waals surface area (Å²) in [5, 5.41) is 30.1. The lowest BCUT2D eigenvalue weighted by Gasteiger charge is -2.15. The van der Waals surface area contributed by atoms with Crippen molar-refractivity contribution in [3.63, 3.8) is 0 Å². The average molecular weight is 475 g/mol. The summed E-state index contributed by atoms with van der Waals surface area (Å²) in [5.41, 5.74) is 1.67. The molecular formula is C23H17N5O5S. The smallest absolute Gasteiger partial charge is 0.270 e. The third-order valence-electron chi connectivity index (χ3n) is 4.92. The summed E-state index contributed by atoms with van der Waals surface area (Å²) in [6.45, 7) is 0. The quantitative estimate of drug-likeness (QED) is 0.279. The van der Waals surface area contributed by atoms with Crippen LogP contribution in [0.1, 0.15) is 11.1 Å². The second-order valence-electron chi connectivity index (χ2n) is 7.23. The summed E-state index contributed by atoms with van der Waals surface area (Å²) in [7, 11) is 0. The number of hydrogen-bond acceptors (Lipinski definition) is 8. The molecule has 1 heterocycles. The van der Waals surface area contributed by atoms with Crippen LogP contribution in [0.5, 0.6) is 0 Å². The van der Waals surface area contributed by atoms with Crippen molar-refractivity contribution < 1.29 is 14.6 Å². The zero-order chi connectivity index (χ0) is 24.1. The van der Waals surface area contributed by atoms with Crippen LogP contribution in [-0.2, 0) is 11.2 Å². The van der Waals surface area contributed by atoms with E-state index in [9.17, 15) is 25.0 Å². The van der Waals surface area contributed by atoms with E-state index in [1.165, 1.54) is 47.1 Å². The zero-order valence-corrected chi connectivity index (χ0v) is 18.4. The molecule has 0 spiro atoms. The fourth-order valence-electron chi connectivity index (χ4n) is 3.36. The highest BCUT2D eigenvalue weighted by molar-refractivity contribution is 8.16. The normalized spacial score (nSPS) is 16.9. The van der Waals surface area contributed by atoms with E-state index in [1.807, 2.05) is 6.07 Å². The number of amides is 1. The third kappa shape index (κ3) is 5.15. The first-order chi connectivity index (χ1) is 16.4. The maximum atomic E-state index is 13.3. The van der Waals surface area contributed by atoms with Crippen molar-refractivity contribution >= 4 is 46.1 Å². The topological polar surface area (TPSA) is 131 Å². The predicted molar refractivity (Wildman–Crippen MR) is 130 cm³/mol. The van der Waals surface area contributed by atoms with Gasteiger partial charge in [-0.05, 0) is 24.1 Å². The Morgan fingerprint density at radius 3 is 2.29 bits per heavy atom. The van der Waals surface area contributed by atoms with Crippen LogP contribution in [0.3, 0.4) is 0 Å². The molecule has 0 N–H and O–H groups in total. The van der Waals surface area contributed by atoms with Crippen molar-refractivity contribution in [2.24, 2.45) is 10.2 Å². The molecule has 0 saturated carbocycles. The highest BCUT2D eigenvalue weighted by Crippen LogP contribution is 2.34. The van der Waals surface area contributed by atoms with Gasteiger partial charge in [0.15, 0.2) is 5.17 Å². The Hall–Kier alpha value is -4.38. The molecule has 1 aliphatic rings. The van der Waals surface area contributed by atoms with Crippen molar-refractivity contribution in [2.75, 3.05) is 4.90 Å². The van der Waals surface area contributed by atoms with Gasteiger partial charge in [0.2, 0.25) is 5.91 Å². The highest BCUT2D eigenvalue weighted by atomic mass is 32.2. The molecule has 0 radical (unpaired) electrons. The maximum absolute atomic E-state index is 13.3. The lowest BCUT2D eigenvalue weighted by molar-refractivity contribution is -0.385. The first-order valence-electron chi connectivity index (χ1n) is 10.1. The number of non-ortho nitro benzene ring substituents is 2. The lowest BCUT2D eigenvalue weighted by Crippen LogP contribution is -2.32. The molecule has 34 heavy (non-hydrogen) atoms. The van der Waals surface area contributed by atoms with E-state index in [0.717, 1.165) is 0 Å². The van der Waals surface area contributed by atoms with Gasteiger partial charge in [-0.3, -0.25) is 29.9 Å². The van der Waals surface area contributed by atoms with Crippen LogP contribution < -0.4 is 4.90 Å². The number of nitro benzene ring substituents is 2. The van der Waals surface area contributed by atoms with Gasteiger partial charge in [0.25, 0.3) is 11.4 Å². The first-order valence-corrected chi connectivity index (χ1v) is 10.9. The number of hydrogen-bond donors (Lipinski definition) is 0. The Morgan fingerprint density at radius 1 is 0.912 bits per heavy atom. The minimum Gasteiger partial charge on any atom is -0.273 e. The van der Waals surface area contributed by atoms with Gasteiger partial charge in [-0.25, -0.2) is 0 Å². The van der Waals surface area contributed by atoms with Gasteiger partial charge in [-0.1, -0.05) is 54.2 Å². The molecule has 170 valence electrons. The molecule has 3 aromatic carbocycles. The van der Waals surface area contributed by atoms with E-state index in [2.05, 4.69) is 10.2 Å². The van der Waals surface area contributed by atoms with Gasteiger partial charge in [-0.2, -0.15) is 5.10 Å². The van der Waals surface area contributed by atoms with E-state index >= 15 is 0 Å². The van der Waals surface area contributed by atoms with Gasteiger partial charge >= 0.3 is 0 Å². The standard InChI is InChI=1S/C23H17N5O5S/c29-22-21(14-16-6-4-10-19(12-16)27(30)31)34-23(26(22)18-8-2-1-3-9-18)25-24-15-17-7-5-11-20(13-17)28(32)33/h1-13,15,21H,14H2/b24-15-,25-23-/t21-/m0/s1. The number of nitro groups is 2. The first kappa shape index (κ1) is 22.8. The van der Waals surface area contributed by atoms with Crippen molar-refractivity contribution in [3.05, 3.63) is 110 Å². The molecule has 0 aliphatic carbocycles. The van der Waals surface area contributed by atoms with Crippen molar-refractivity contribution in [1.29, 1.82) is 0 Å². The Morgan fingerprint density at radius 2 is 1.59 bits per heavy atom.